The van der Waals surface area contributed by atoms with Crippen LogP contribution in [0.4, 0.5) is 0 Å². The zero-order chi connectivity index (χ0) is 16.4. The first-order valence-corrected chi connectivity index (χ1v) is 7.82. The molecular weight excluding hydrogens is 294 g/mol. The smallest absolute Gasteiger partial charge is 0.257 e. The molecule has 0 aromatic carbocycles. The number of hydrogen-bond acceptors (Lipinski definition) is 5. The van der Waals surface area contributed by atoms with Crippen LogP contribution in [0.25, 0.3) is 0 Å². The summed E-state index contributed by atoms with van der Waals surface area (Å²) in [6, 6.07) is 3.68. The summed E-state index contributed by atoms with van der Waals surface area (Å²) in [4.78, 5) is 14.6. The van der Waals surface area contributed by atoms with Crippen molar-refractivity contribution in [3.63, 3.8) is 0 Å². The molecule has 1 unspecified atom stereocenters. The minimum atomic E-state index is -0.0581. The van der Waals surface area contributed by atoms with Gasteiger partial charge in [-0.15, -0.1) is 5.10 Å². The van der Waals surface area contributed by atoms with Gasteiger partial charge in [0.25, 0.3) is 5.91 Å². The van der Waals surface area contributed by atoms with Gasteiger partial charge < -0.3 is 9.64 Å². The second-order valence-electron chi connectivity index (χ2n) is 5.96. The van der Waals surface area contributed by atoms with Crippen molar-refractivity contribution >= 4 is 5.91 Å². The van der Waals surface area contributed by atoms with Gasteiger partial charge in [0.2, 0.25) is 5.88 Å². The topological polar surface area (TPSA) is 84.0 Å². The molecule has 3 heterocycles. The van der Waals surface area contributed by atoms with Gasteiger partial charge in [0.1, 0.15) is 6.10 Å². The molecule has 1 amide bonds. The number of carbonyl (C=O) groups excluding carboxylic acids is 1. The van der Waals surface area contributed by atoms with Crippen LogP contribution in [0.15, 0.2) is 12.1 Å². The highest BCUT2D eigenvalue weighted by Gasteiger charge is 2.28. The molecule has 1 saturated heterocycles. The summed E-state index contributed by atoms with van der Waals surface area (Å²) >= 11 is 0. The van der Waals surface area contributed by atoms with E-state index in [0.717, 1.165) is 36.5 Å². The fourth-order valence-electron chi connectivity index (χ4n) is 2.86. The van der Waals surface area contributed by atoms with Crippen molar-refractivity contribution in [1.29, 1.82) is 0 Å². The van der Waals surface area contributed by atoms with E-state index in [9.17, 15) is 4.79 Å². The van der Waals surface area contributed by atoms with Gasteiger partial charge in [-0.3, -0.25) is 9.89 Å². The van der Waals surface area contributed by atoms with Crippen molar-refractivity contribution in [2.45, 2.75) is 39.7 Å². The minimum Gasteiger partial charge on any atom is -0.471 e. The lowest BCUT2D eigenvalue weighted by Crippen LogP contribution is -2.44. The number of H-pyrrole nitrogens is 1. The van der Waals surface area contributed by atoms with Crippen molar-refractivity contribution in [3.05, 3.63) is 34.8 Å². The van der Waals surface area contributed by atoms with Gasteiger partial charge >= 0.3 is 0 Å². The molecule has 23 heavy (non-hydrogen) atoms. The van der Waals surface area contributed by atoms with E-state index < -0.39 is 0 Å². The molecule has 7 heteroatoms. The summed E-state index contributed by atoms with van der Waals surface area (Å²) in [5, 5.41) is 15.0. The molecule has 3 rings (SSSR count). The Bertz CT molecular complexity index is 675. The highest BCUT2D eigenvalue weighted by atomic mass is 16.5. The molecule has 1 aliphatic rings. The van der Waals surface area contributed by atoms with E-state index in [1.165, 1.54) is 0 Å². The van der Waals surface area contributed by atoms with E-state index in [1.54, 1.807) is 0 Å². The fraction of sp³-hybridized carbons (Fsp3) is 0.500. The van der Waals surface area contributed by atoms with Gasteiger partial charge in [-0.1, -0.05) is 0 Å². The first kappa shape index (κ1) is 15.5. The lowest BCUT2D eigenvalue weighted by molar-refractivity contribution is 0.0524. The Morgan fingerprint density at radius 1 is 1.30 bits per heavy atom. The van der Waals surface area contributed by atoms with Gasteiger partial charge in [0.05, 0.1) is 23.5 Å². The summed E-state index contributed by atoms with van der Waals surface area (Å²) in [6.45, 7) is 6.89. The van der Waals surface area contributed by atoms with E-state index in [-0.39, 0.29) is 12.0 Å². The summed E-state index contributed by atoms with van der Waals surface area (Å²) in [7, 11) is 0. The van der Waals surface area contributed by atoms with Crippen molar-refractivity contribution in [1.82, 2.24) is 25.3 Å². The molecule has 1 atom stereocenters. The molecule has 0 saturated carbocycles. The molecule has 1 aliphatic heterocycles. The minimum absolute atomic E-state index is 0.0111. The van der Waals surface area contributed by atoms with Crippen LogP contribution in [-0.2, 0) is 0 Å². The zero-order valence-electron chi connectivity index (χ0n) is 13.7. The van der Waals surface area contributed by atoms with Crippen LogP contribution in [0.2, 0.25) is 0 Å². The highest BCUT2D eigenvalue weighted by Crippen LogP contribution is 2.20. The number of amides is 1. The number of aromatic amines is 1. The van der Waals surface area contributed by atoms with Crippen LogP contribution in [0, 0.1) is 20.8 Å². The van der Waals surface area contributed by atoms with Gasteiger partial charge in [-0.05, 0) is 39.7 Å². The maximum absolute atomic E-state index is 12.7. The number of aryl methyl sites for hydroxylation is 3. The summed E-state index contributed by atoms with van der Waals surface area (Å²) in [5.74, 6) is 0.516. The fourth-order valence-corrected chi connectivity index (χ4v) is 2.86. The van der Waals surface area contributed by atoms with E-state index in [2.05, 4.69) is 20.4 Å². The lowest BCUT2D eigenvalue weighted by atomic mass is 10.1. The molecule has 122 valence electrons. The monoisotopic (exact) mass is 315 g/mol. The molecule has 0 bridgehead atoms. The van der Waals surface area contributed by atoms with Gasteiger partial charge in [-0.25, -0.2) is 0 Å². The first-order chi connectivity index (χ1) is 11.0. The lowest BCUT2D eigenvalue weighted by Gasteiger charge is -2.32. The third kappa shape index (κ3) is 3.33. The number of ether oxygens (including phenoxy) is 1. The van der Waals surface area contributed by atoms with Crippen LogP contribution >= 0.6 is 0 Å². The number of nitrogens with one attached hydrogen (secondary N) is 1. The third-order valence-corrected chi connectivity index (χ3v) is 4.07. The van der Waals surface area contributed by atoms with Crippen LogP contribution in [0.1, 0.15) is 40.3 Å². The molecule has 0 spiro atoms. The van der Waals surface area contributed by atoms with Gasteiger partial charge in [-0.2, -0.15) is 10.2 Å². The summed E-state index contributed by atoms with van der Waals surface area (Å²) < 4.78 is 5.88. The Morgan fingerprint density at radius 3 is 2.78 bits per heavy atom. The van der Waals surface area contributed by atoms with Crippen molar-refractivity contribution in [2.24, 2.45) is 0 Å². The molecule has 1 N–H and O–H groups in total. The maximum Gasteiger partial charge on any atom is 0.257 e. The van der Waals surface area contributed by atoms with Crippen LogP contribution < -0.4 is 4.74 Å². The molecule has 1 fully saturated rings. The van der Waals surface area contributed by atoms with Gasteiger partial charge in [0, 0.05) is 18.3 Å². The Morgan fingerprint density at radius 2 is 2.13 bits per heavy atom. The number of rotatable bonds is 3. The molecule has 2 aromatic rings. The predicted molar refractivity (Wildman–Crippen MR) is 84.4 cm³/mol. The van der Waals surface area contributed by atoms with Crippen molar-refractivity contribution in [2.75, 3.05) is 13.1 Å². The third-order valence-electron chi connectivity index (χ3n) is 4.07. The standard InChI is InChI=1S/C16H21N5O2/c1-10-6-7-14(20-17-10)23-13-5-4-8-21(9-13)16(22)15-11(2)18-19-12(15)3/h6-7,13H,4-5,8-9H2,1-3H3,(H,18,19). The van der Waals surface area contributed by atoms with E-state index >= 15 is 0 Å². The quantitative estimate of drug-likeness (QED) is 0.934. The number of aromatic nitrogens is 4. The maximum atomic E-state index is 12.7. The Balaban J connectivity index is 1.68. The predicted octanol–water partition coefficient (Wildman–Crippen LogP) is 1.81. The normalized spacial score (nSPS) is 18.0. The van der Waals surface area contributed by atoms with E-state index in [4.69, 9.17) is 4.74 Å². The molecule has 0 aliphatic carbocycles. The number of hydrogen-bond donors (Lipinski definition) is 1. The van der Waals surface area contributed by atoms with E-state index in [1.807, 2.05) is 37.8 Å². The average molecular weight is 315 g/mol. The number of carbonyl (C=O) groups is 1. The van der Waals surface area contributed by atoms with E-state index in [0.29, 0.717) is 18.0 Å². The second-order valence-corrected chi connectivity index (χ2v) is 5.96. The SMILES string of the molecule is Cc1ccc(OC2CCCN(C(=O)c3c(C)n[nH]c3C)C2)nn1. The van der Waals surface area contributed by atoms with Gasteiger partial charge in [0.15, 0.2) is 0 Å². The number of piperidine rings is 1. The number of nitrogens with zero attached hydrogens (tertiary/aromatic N) is 4. The van der Waals surface area contributed by atoms with Crippen LogP contribution in [0.3, 0.4) is 0 Å². The largest absolute Gasteiger partial charge is 0.471 e. The van der Waals surface area contributed by atoms with Crippen LogP contribution in [0.5, 0.6) is 5.88 Å². The Kier molecular flexibility index (Phi) is 4.27. The molecule has 0 radical (unpaired) electrons. The molecule has 7 nitrogen and oxygen atoms in total. The Hall–Kier alpha value is -2.44. The molecule has 2 aromatic heterocycles. The first-order valence-electron chi connectivity index (χ1n) is 7.82. The second kappa shape index (κ2) is 6.36. The molecular formula is C16H21N5O2. The van der Waals surface area contributed by atoms with Crippen molar-refractivity contribution in [3.8, 4) is 5.88 Å². The zero-order valence-corrected chi connectivity index (χ0v) is 13.7. The Labute approximate surface area is 135 Å². The average Bonchev–Trinajstić information content (AvgIpc) is 2.88. The summed E-state index contributed by atoms with van der Waals surface area (Å²) in [5.41, 5.74) is 3.06. The summed E-state index contributed by atoms with van der Waals surface area (Å²) in [6.07, 6.45) is 1.76. The number of likely N-dealkylation sites (tertiary alicyclic amines) is 1. The van der Waals surface area contributed by atoms with Crippen molar-refractivity contribution < 1.29 is 9.53 Å². The van der Waals surface area contributed by atoms with Crippen LogP contribution in [-0.4, -0.2) is 50.4 Å². The highest BCUT2D eigenvalue weighted by molar-refractivity contribution is 5.96.